The van der Waals surface area contributed by atoms with Crippen molar-refractivity contribution in [1.82, 2.24) is 0 Å². The molecule has 2 nitrogen and oxygen atoms in total. The Morgan fingerprint density at radius 1 is 0.881 bits per heavy atom. The van der Waals surface area contributed by atoms with E-state index in [2.05, 4.69) is 131 Å². The highest BCUT2D eigenvalue weighted by atomic mass is 32.2. The van der Waals surface area contributed by atoms with Gasteiger partial charge in [0.05, 0.1) is 5.41 Å². The maximum atomic E-state index is 9.75. The normalized spacial score (nSPS) is 21.3. The standard InChI is InChI=1S/C34H41N2S.BF4/c1-8-37-32-24(20-22-30-33(2,3)26-16-9-11-18-28(26)35(30)6)14-13-15-25(32)21-23-31-34(4,5)27-17-10-12-19-29(27)36(31)7;2-1(3,4)5/h9-12,16-23H,8,13-15H2,1-7H3;/q+1;-1. The number of halogens is 4. The molecule has 0 unspecified atom stereocenters. The Morgan fingerprint density at radius 3 is 2.12 bits per heavy atom. The van der Waals surface area contributed by atoms with E-state index < -0.39 is 7.25 Å². The van der Waals surface area contributed by atoms with Crippen LogP contribution in [0.3, 0.4) is 0 Å². The molecule has 0 fully saturated rings. The molecule has 0 bridgehead atoms. The van der Waals surface area contributed by atoms with Crippen LogP contribution in [0.25, 0.3) is 0 Å². The van der Waals surface area contributed by atoms with Gasteiger partial charge in [0, 0.05) is 46.5 Å². The van der Waals surface area contributed by atoms with Gasteiger partial charge < -0.3 is 22.2 Å². The molecular formula is C34H41BF4N2S. The van der Waals surface area contributed by atoms with E-state index >= 15 is 0 Å². The highest BCUT2D eigenvalue weighted by molar-refractivity contribution is 8.03. The number of fused-ring (bicyclic) bond motifs is 2. The zero-order chi connectivity index (χ0) is 30.9. The molecule has 0 aromatic heterocycles. The SMILES string of the molecule is CCSC1=C(/C=C/C2=[N+](C)c3ccccc3C2(C)C)CCC/C1=C/C=C1/N(C)c2ccccc2C1(C)C.F[B-](F)(F)F. The maximum Gasteiger partial charge on any atom is 0.673 e. The van der Waals surface area contributed by atoms with Crippen molar-refractivity contribution in [2.75, 3.05) is 24.7 Å². The van der Waals surface area contributed by atoms with Crippen LogP contribution in [-0.2, 0) is 10.8 Å². The minimum absolute atomic E-state index is 0.00582. The van der Waals surface area contributed by atoms with E-state index in [1.807, 2.05) is 11.8 Å². The van der Waals surface area contributed by atoms with E-state index in [9.17, 15) is 17.3 Å². The third-order valence-corrected chi connectivity index (χ3v) is 9.63. The predicted molar refractivity (Wildman–Crippen MR) is 173 cm³/mol. The molecule has 0 amide bonds. The van der Waals surface area contributed by atoms with Gasteiger partial charge in [-0.2, -0.15) is 4.58 Å². The van der Waals surface area contributed by atoms with E-state index in [4.69, 9.17) is 0 Å². The summed E-state index contributed by atoms with van der Waals surface area (Å²) in [6, 6.07) is 17.6. The Bertz CT molecular complexity index is 1490. The summed E-state index contributed by atoms with van der Waals surface area (Å²) in [7, 11) is -1.58. The molecule has 2 aliphatic heterocycles. The molecule has 0 saturated heterocycles. The second kappa shape index (κ2) is 12.3. The molecule has 8 heteroatoms. The van der Waals surface area contributed by atoms with Gasteiger partial charge in [-0.25, -0.2) is 0 Å². The van der Waals surface area contributed by atoms with E-state index in [0.717, 1.165) is 18.6 Å². The molecule has 0 spiro atoms. The monoisotopic (exact) mass is 596 g/mol. The molecular weight excluding hydrogens is 555 g/mol. The second-order valence-electron chi connectivity index (χ2n) is 12.0. The van der Waals surface area contributed by atoms with Crippen LogP contribution in [0.2, 0.25) is 0 Å². The average molecular weight is 597 g/mol. The summed E-state index contributed by atoms with van der Waals surface area (Å²) < 4.78 is 41.4. The molecule has 0 saturated carbocycles. The van der Waals surface area contributed by atoms with Crippen molar-refractivity contribution in [3.63, 3.8) is 0 Å². The first kappa shape index (κ1) is 31.9. The Labute approximate surface area is 252 Å². The number of nitrogens with zero attached hydrogens (tertiary/aromatic N) is 2. The highest BCUT2D eigenvalue weighted by Gasteiger charge is 2.42. The lowest BCUT2D eigenvalue weighted by Crippen LogP contribution is -2.26. The van der Waals surface area contributed by atoms with Crippen LogP contribution in [0.15, 0.2) is 94.6 Å². The van der Waals surface area contributed by atoms with Gasteiger partial charge in [-0.3, -0.25) is 0 Å². The number of allylic oxidation sites excluding steroid dienone is 7. The van der Waals surface area contributed by atoms with E-state index in [0.29, 0.717) is 0 Å². The van der Waals surface area contributed by atoms with Gasteiger partial charge in [0.1, 0.15) is 7.05 Å². The number of hydrogen-bond donors (Lipinski definition) is 0. The van der Waals surface area contributed by atoms with Crippen LogP contribution in [0, 0.1) is 0 Å². The van der Waals surface area contributed by atoms with E-state index in [1.54, 1.807) is 0 Å². The Balaban J connectivity index is 0.000000748. The van der Waals surface area contributed by atoms with E-state index in [1.165, 1.54) is 56.4 Å². The molecule has 0 atom stereocenters. The third-order valence-electron chi connectivity index (χ3n) is 8.53. The van der Waals surface area contributed by atoms with Crippen molar-refractivity contribution >= 4 is 36.1 Å². The number of anilines is 1. The fourth-order valence-electron chi connectivity index (χ4n) is 6.51. The van der Waals surface area contributed by atoms with Crippen molar-refractivity contribution in [1.29, 1.82) is 0 Å². The lowest BCUT2D eigenvalue weighted by molar-refractivity contribution is -0.401. The third kappa shape index (κ3) is 6.49. The number of para-hydroxylation sites is 2. The maximum absolute atomic E-state index is 9.75. The molecule has 42 heavy (non-hydrogen) atoms. The summed E-state index contributed by atoms with van der Waals surface area (Å²) in [6.07, 6.45) is 13.1. The van der Waals surface area contributed by atoms with Crippen molar-refractivity contribution in [3.05, 3.63) is 106 Å². The first-order valence-corrected chi connectivity index (χ1v) is 15.5. The lowest BCUT2D eigenvalue weighted by atomic mass is 9.81. The van der Waals surface area contributed by atoms with Gasteiger partial charge in [0.2, 0.25) is 5.69 Å². The van der Waals surface area contributed by atoms with Gasteiger partial charge in [-0.15, -0.1) is 11.8 Å². The zero-order valence-corrected chi connectivity index (χ0v) is 26.5. The van der Waals surface area contributed by atoms with Gasteiger partial charge in [-0.05, 0) is 67.7 Å². The molecule has 0 N–H and O–H groups in total. The van der Waals surface area contributed by atoms with Gasteiger partial charge in [0.15, 0.2) is 5.71 Å². The van der Waals surface area contributed by atoms with Crippen LogP contribution in [0.4, 0.5) is 28.6 Å². The van der Waals surface area contributed by atoms with Crippen molar-refractivity contribution in [2.24, 2.45) is 0 Å². The zero-order valence-electron chi connectivity index (χ0n) is 25.6. The molecule has 224 valence electrons. The van der Waals surface area contributed by atoms with Crippen molar-refractivity contribution < 1.29 is 21.8 Å². The van der Waals surface area contributed by atoms with Gasteiger partial charge >= 0.3 is 7.25 Å². The van der Waals surface area contributed by atoms with Crippen LogP contribution in [0.1, 0.15) is 65.0 Å². The highest BCUT2D eigenvalue weighted by Crippen LogP contribution is 2.47. The quantitative estimate of drug-likeness (QED) is 0.193. The molecule has 5 rings (SSSR count). The number of thioether (sulfide) groups is 1. The Morgan fingerprint density at radius 2 is 1.50 bits per heavy atom. The van der Waals surface area contributed by atoms with Crippen molar-refractivity contribution in [3.8, 4) is 0 Å². The fraction of sp³-hybridized carbons (Fsp3) is 0.382. The Kier molecular flexibility index (Phi) is 9.36. The summed E-state index contributed by atoms with van der Waals surface area (Å²) in [5.41, 5.74) is 11.2. The molecule has 2 heterocycles. The largest absolute Gasteiger partial charge is 0.673 e. The summed E-state index contributed by atoms with van der Waals surface area (Å²) >= 11 is 2.00. The molecule has 2 aromatic rings. The Hall–Kier alpha value is -3.00. The van der Waals surface area contributed by atoms with Gasteiger partial charge in [0.25, 0.3) is 0 Å². The predicted octanol–water partition coefficient (Wildman–Crippen LogP) is 9.98. The smallest absolute Gasteiger partial charge is 0.418 e. The molecule has 1 aliphatic carbocycles. The average Bonchev–Trinajstić information content (AvgIpc) is 3.24. The number of benzene rings is 2. The molecule has 0 radical (unpaired) electrons. The topological polar surface area (TPSA) is 6.25 Å². The van der Waals surface area contributed by atoms with Crippen LogP contribution >= 0.6 is 11.8 Å². The van der Waals surface area contributed by atoms with Crippen molar-refractivity contribution in [2.45, 2.75) is 64.7 Å². The van der Waals surface area contributed by atoms with Crippen LogP contribution in [-0.4, -0.2) is 37.4 Å². The fourth-order valence-corrected chi connectivity index (χ4v) is 7.51. The number of likely N-dealkylation sites (N-methyl/N-ethyl adjacent to an activating group) is 1. The molecule has 3 aliphatic rings. The summed E-state index contributed by atoms with van der Waals surface area (Å²) in [6.45, 7) is 11.7. The minimum atomic E-state index is -6.00. The second-order valence-corrected chi connectivity index (χ2v) is 13.3. The number of rotatable bonds is 5. The summed E-state index contributed by atoms with van der Waals surface area (Å²) in [5.74, 6) is 1.09. The molecule has 2 aromatic carbocycles. The summed E-state index contributed by atoms with van der Waals surface area (Å²) in [4.78, 5) is 3.85. The first-order valence-electron chi connectivity index (χ1n) is 14.5. The summed E-state index contributed by atoms with van der Waals surface area (Å²) in [5, 5.41) is 0. The minimum Gasteiger partial charge on any atom is -0.418 e. The first-order chi connectivity index (χ1) is 19.7. The van der Waals surface area contributed by atoms with E-state index in [-0.39, 0.29) is 10.8 Å². The van der Waals surface area contributed by atoms with Crippen LogP contribution in [0.5, 0.6) is 0 Å². The number of hydrogen-bond acceptors (Lipinski definition) is 2. The lowest BCUT2D eigenvalue weighted by Gasteiger charge is -2.25. The van der Waals surface area contributed by atoms with Gasteiger partial charge in [-0.1, -0.05) is 69.3 Å². The van der Waals surface area contributed by atoms with Crippen LogP contribution < -0.4 is 4.90 Å².